The summed E-state index contributed by atoms with van der Waals surface area (Å²) in [5.74, 6) is 0.730. The molecule has 1 fully saturated rings. The summed E-state index contributed by atoms with van der Waals surface area (Å²) >= 11 is 1.65. The van der Waals surface area contributed by atoms with Crippen molar-refractivity contribution in [2.24, 2.45) is 16.0 Å². The minimum absolute atomic E-state index is 0.620. The van der Waals surface area contributed by atoms with E-state index in [1.807, 2.05) is 10.8 Å². The smallest absolute Gasteiger partial charge is 0.206 e. The van der Waals surface area contributed by atoms with Crippen LogP contribution in [0, 0.1) is 12.8 Å². The van der Waals surface area contributed by atoms with Crippen molar-refractivity contribution in [1.29, 1.82) is 0 Å². The van der Waals surface area contributed by atoms with Gasteiger partial charge < -0.3 is 0 Å². The lowest BCUT2D eigenvalue weighted by Crippen LogP contribution is -2.18. The molecule has 3 nitrogen and oxygen atoms in total. The molecule has 0 saturated heterocycles. The second-order valence-electron chi connectivity index (χ2n) is 6.58. The first-order chi connectivity index (χ1) is 11.7. The van der Waals surface area contributed by atoms with Gasteiger partial charge >= 0.3 is 0 Å². The van der Waals surface area contributed by atoms with Gasteiger partial charge in [0.1, 0.15) is 0 Å². The van der Waals surface area contributed by atoms with Crippen LogP contribution in [0.25, 0.3) is 11.3 Å². The van der Waals surface area contributed by atoms with Crippen LogP contribution in [0.4, 0.5) is 0 Å². The van der Waals surface area contributed by atoms with Gasteiger partial charge in [0.25, 0.3) is 0 Å². The Morgan fingerprint density at radius 3 is 2.83 bits per heavy atom. The van der Waals surface area contributed by atoms with E-state index in [0.717, 1.165) is 29.3 Å². The van der Waals surface area contributed by atoms with Crippen LogP contribution in [0.5, 0.6) is 0 Å². The van der Waals surface area contributed by atoms with Crippen LogP contribution in [0.3, 0.4) is 0 Å². The van der Waals surface area contributed by atoms with Gasteiger partial charge in [-0.05, 0) is 38.5 Å². The third-order valence-corrected chi connectivity index (χ3v) is 5.23. The van der Waals surface area contributed by atoms with Gasteiger partial charge in [-0.2, -0.15) is 5.10 Å². The van der Waals surface area contributed by atoms with E-state index in [1.165, 1.54) is 29.7 Å². The van der Waals surface area contributed by atoms with Crippen LogP contribution in [0.2, 0.25) is 0 Å². The second-order valence-corrected chi connectivity index (χ2v) is 7.42. The van der Waals surface area contributed by atoms with E-state index in [-0.39, 0.29) is 0 Å². The molecule has 1 aliphatic carbocycles. The molecule has 1 aromatic heterocycles. The highest BCUT2D eigenvalue weighted by Gasteiger charge is 2.15. The molecule has 1 aromatic carbocycles. The minimum Gasteiger partial charge on any atom is -0.253 e. The van der Waals surface area contributed by atoms with Crippen LogP contribution in [0.15, 0.2) is 52.4 Å². The second kappa shape index (κ2) is 7.75. The highest BCUT2D eigenvalue weighted by molar-refractivity contribution is 7.07. The maximum Gasteiger partial charge on any atom is 0.206 e. The van der Waals surface area contributed by atoms with E-state index in [2.05, 4.69) is 55.1 Å². The van der Waals surface area contributed by atoms with Crippen LogP contribution in [0.1, 0.15) is 38.2 Å². The van der Waals surface area contributed by atoms with Crippen molar-refractivity contribution in [3.63, 3.8) is 0 Å². The number of thiazole rings is 1. The van der Waals surface area contributed by atoms with Gasteiger partial charge in [0, 0.05) is 16.7 Å². The molecule has 3 rings (SSSR count). The molecule has 126 valence electrons. The van der Waals surface area contributed by atoms with Gasteiger partial charge in [-0.25, -0.2) is 4.68 Å². The largest absolute Gasteiger partial charge is 0.253 e. The summed E-state index contributed by atoms with van der Waals surface area (Å²) in [4.78, 5) is 5.57. The SMILES string of the molecule is C=CCN=c1scc(-c2ccc(C)cc2)n1N=C1CCCC(C)C1. The van der Waals surface area contributed by atoms with Gasteiger partial charge in [-0.1, -0.05) is 42.8 Å². The monoisotopic (exact) mass is 339 g/mol. The zero-order valence-electron chi connectivity index (χ0n) is 14.5. The summed E-state index contributed by atoms with van der Waals surface area (Å²) in [5, 5.41) is 7.15. The molecule has 0 radical (unpaired) electrons. The number of benzene rings is 1. The Balaban J connectivity index is 2.06. The van der Waals surface area contributed by atoms with Crippen molar-refractivity contribution < 1.29 is 0 Å². The lowest BCUT2D eigenvalue weighted by atomic mass is 9.89. The topological polar surface area (TPSA) is 29.6 Å². The zero-order chi connectivity index (χ0) is 16.9. The van der Waals surface area contributed by atoms with Gasteiger partial charge in [0.05, 0.1) is 12.2 Å². The normalized spacial score (nSPS) is 20.5. The first-order valence-corrected chi connectivity index (χ1v) is 9.51. The van der Waals surface area contributed by atoms with Crippen LogP contribution in [-0.4, -0.2) is 16.9 Å². The van der Waals surface area contributed by atoms with E-state index in [1.54, 1.807) is 11.3 Å². The van der Waals surface area contributed by atoms with Crippen molar-refractivity contribution in [3.8, 4) is 11.3 Å². The summed E-state index contributed by atoms with van der Waals surface area (Å²) in [6.07, 6.45) is 6.57. The zero-order valence-corrected chi connectivity index (χ0v) is 15.4. The predicted molar refractivity (Wildman–Crippen MR) is 104 cm³/mol. The van der Waals surface area contributed by atoms with Gasteiger partial charge in [-0.3, -0.25) is 4.99 Å². The number of hydrogen-bond donors (Lipinski definition) is 0. The molecule has 0 aliphatic heterocycles. The Morgan fingerprint density at radius 1 is 1.33 bits per heavy atom. The molecule has 1 heterocycles. The fourth-order valence-electron chi connectivity index (χ4n) is 3.06. The molecule has 1 saturated carbocycles. The molecule has 1 atom stereocenters. The number of nitrogens with zero attached hydrogens (tertiary/aromatic N) is 3. The van der Waals surface area contributed by atoms with Crippen LogP contribution < -0.4 is 4.80 Å². The highest BCUT2D eigenvalue weighted by atomic mass is 32.1. The van der Waals surface area contributed by atoms with E-state index in [0.29, 0.717) is 6.54 Å². The molecule has 2 aromatic rings. The lowest BCUT2D eigenvalue weighted by molar-refractivity contribution is 0.497. The molecular weight excluding hydrogens is 314 g/mol. The van der Waals surface area contributed by atoms with Crippen molar-refractivity contribution in [1.82, 2.24) is 4.68 Å². The van der Waals surface area contributed by atoms with Gasteiger partial charge in [0.2, 0.25) is 4.80 Å². The minimum atomic E-state index is 0.620. The van der Waals surface area contributed by atoms with Gasteiger partial charge in [-0.15, -0.1) is 17.9 Å². The molecule has 0 amide bonds. The molecule has 4 heteroatoms. The standard InChI is InChI=1S/C20H25N3S/c1-4-12-21-20-23(22-18-7-5-6-16(3)13-18)19(14-24-20)17-10-8-15(2)9-11-17/h4,8-11,14,16H,1,5-7,12-13H2,2-3H3. The maximum atomic E-state index is 5.00. The third-order valence-electron chi connectivity index (χ3n) is 4.38. The highest BCUT2D eigenvalue weighted by Crippen LogP contribution is 2.24. The van der Waals surface area contributed by atoms with Crippen LogP contribution >= 0.6 is 11.3 Å². The average Bonchev–Trinajstić information content (AvgIpc) is 2.96. The molecule has 1 unspecified atom stereocenters. The lowest BCUT2D eigenvalue weighted by Gasteiger charge is -2.19. The molecule has 1 aliphatic rings. The fraction of sp³-hybridized carbons (Fsp3) is 0.400. The van der Waals surface area contributed by atoms with Crippen LogP contribution in [-0.2, 0) is 0 Å². The number of rotatable bonds is 4. The van der Waals surface area contributed by atoms with E-state index in [9.17, 15) is 0 Å². The maximum absolute atomic E-state index is 5.00. The molecule has 0 bridgehead atoms. The first kappa shape index (κ1) is 16.9. The Labute approximate surface area is 148 Å². The summed E-state index contributed by atoms with van der Waals surface area (Å²) < 4.78 is 2.03. The summed E-state index contributed by atoms with van der Waals surface area (Å²) in [6.45, 7) is 8.82. The Morgan fingerprint density at radius 2 is 2.12 bits per heavy atom. The number of aryl methyl sites for hydroxylation is 1. The van der Waals surface area contributed by atoms with E-state index >= 15 is 0 Å². The molecule has 24 heavy (non-hydrogen) atoms. The summed E-state index contributed by atoms with van der Waals surface area (Å²) in [5.41, 5.74) is 4.86. The van der Waals surface area contributed by atoms with E-state index < -0.39 is 0 Å². The molecule has 0 N–H and O–H groups in total. The van der Waals surface area contributed by atoms with Gasteiger partial charge in [0.15, 0.2) is 0 Å². The third kappa shape index (κ3) is 3.93. The Kier molecular flexibility index (Phi) is 5.46. The quantitative estimate of drug-likeness (QED) is 0.700. The number of hydrogen-bond acceptors (Lipinski definition) is 3. The van der Waals surface area contributed by atoms with Crippen molar-refractivity contribution in [3.05, 3.63) is 52.7 Å². The van der Waals surface area contributed by atoms with Crippen molar-refractivity contribution in [2.45, 2.75) is 39.5 Å². The summed E-state index contributed by atoms with van der Waals surface area (Å²) in [6, 6.07) is 8.62. The Bertz CT molecular complexity index is 793. The fourth-order valence-corrected chi connectivity index (χ4v) is 3.90. The Hall–Kier alpha value is -1.94. The number of aromatic nitrogens is 1. The molecule has 0 spiro atoms. The van der Waals surface area contributed by atoms with E-state index in [4.69, 9.17) is 5.10 Å². The predicted octanol–water partition coefficient (Wildman–Crippen LogP) is 5.03. The van der Waals surface area contributed by atoms with Crippen molar-refractivity contribution >= 4 is 17.0 Å². The average molecular weight is 340 g/mol. The molecular formula is C20H25N3S. The summed E-state index contributed by atoms with van der Waals surface area (Å²) in [7, 11) is 0. The first-order valence-electron chi connectivity index (χ1n) is 8.63. The van der Waals surface area contributed by atoms with Crippen molar-refractivity contribution in [2.75, 3.05) is 6.54 Å².